The summed E-state index contributed by atoms with van der Waals surface area (Å²) in [4.78, 5) is 5.05. The van der Waals surface area contributed by atoms with Gasteiger partial charge in [-0.25, -0.2) is 0 Å². The molecule has 27 heavy (non-hydrogen) atoms. The summed E-state index contributed by atoms with van der Waals surface area (Å²) < 4.78 is 0. The van der Waals surface area contributed by atoms with Crippen molar-refractivity contribution in [3.63, 3.8) is 0 Å². The first-order valence-electron chi connectivity index (χ1n) is 9.96. The van der Waals surface area contributed by atoms with Crippen LogP contribution < -0.4 is 0 Å². The van der Waals surface area contributed by atoms with Gasteiger partial charge in [0, 0.05) is 16.8 Å². The maximum absolute atomic E-state index is 11.0. The highest BCUT2D eigenvalue weighted by molar-refractivity contribution is 6.03. The van der Waals surface area contributed by atoms with Gasteiger partial charge in [-0.2, -0.15) is 0 Å². The predicted octanol–water partition coefficient (Wildman–Crippen LogP) is 7.39. The van der Waals surface area contributed by atoms with Crippen LogP contribution in [0.2, 0.25) is 0 Å². The normalized spacial score (nSPS) is 12.9. The molecule has 0 fully saturated rings. The molecule has 0 amide bonds. The Hall–Kier alpha value is -2.09. The monoisotopic (exact) mass is 365 g/mol. The van der Waals surface area contributed by atoms with Crippen LogP contribution >= 0.6 is 0 Å². The molecule has 1 N–H and O–H groups in total. The number of nitrogens with zero attached hydrogens (tertiary/aromatic N) is 1. The van der Waals surface area contributed by atoms with Crippen LogP contribution in [0, 0.1) is 6.92 Å². The average Bonchev–Trinajstić information content (AvgIpc) is 2.55. The molecule has 2 heteroatoms. The third kappa shape index (κ3) is 4.61. The Kier molecular flexibility index (Phi) is 6.19. The highest BCUT2D eigenvalue weighted by atomic mass is 16.3. The number of hydrogen-bond acceptors (Lipinski definition) is 2. The molecule has 2 aromatic rings. The van der Waals surface area contributed by atoms with Gasteiger partial charge in [0.05, 0.1) is 5.69 Å². The molecule has 0 aromatic heterocycles. The molecule has 0 unspecified atom stereocenters. The van der Waals surface area contributed by atoms with Gasteiger partial charge in [-0.05, 0) is 53.9 Å². The highest BCUT2D eigenvalue weighted by Crippen LogP contribution is 2.38. The van der Waals surface area contributed by atoms with Crippen LogP contribution in [-0.2, 0) is 5.41 Å². The summed E-state index contributed by atoms with van der Waals surface area (Å²) in [7, 11) is 0. The van der Waals surface area contributed by atoms with E-state index < -0.39 is 0 Å². The zero-order chi connectivity index (χ0) is 20.5. The quantitative estimate of drug-likeness (QED) is 0.563. The maximum Gasteiger partial charge on any atom is 0.128 e. The van der Waals surface area contributed by atoms with E-state index in [1.165, 1.54) is 11.1 Å². The van der Waals surface area contributed by atoms with E-state index in [9.17, 15) is 5.11 Å². The fourth-order valence-corrected chi connectivity index (χ4v) is 3.50. The lowest BCUT2D eigenvalue weighted by Gasteiger charge is -2.23. The molecular weight excluding hydrogens is 330 g/mol. The molecule has 0 radical (unpaired) electrons. The fraction of sp³-hybridized carbons (Fsp3) is 0.480. The minimum absolute atomic E-state index is 0.121. The van der Waals surface area contributed by atoms with Gasteiger partial charge >= 0.3 is 0 Å². The van der Waals surface area contributed by atoms with Crippen molar-refractivity contribution < 1.29 is 5.11 Å². The van der Waals surface area contributed by atoms with Gasteiger partial charge in [0.25, 0.3) is 0 Å². The van der Waals surface area contributed by atoms with E-state index in [2.05, 4.69) is 79.7 Å². The molecule has 0 aliphatic carbocycles. The summed E-state index contributed by atoms with van der Waals surface area (Å²) in [6, 6.07) is 10.6. The Morgan fingerprint density at radius 2 is 1.48 bits per heavy atom. The lowest BCUT2D eigenvalue weighted by Crippen LogP contribution is -2.13. The Labute approximate surface area is 165 Å². The van der Waals surface area contributed by atoms with E-state index in [0.29, 0.717) is 17.6 Å². The smallest absolute Gasteiger partial charge is 0.128 e. The molecule has 0 saturated carbocycles. The van der Waals surface area contributed by atoms with Crippen molar-refractivity contribution in [3.05, 3.63) is 58.1 Å². The third-order valence-electron chi connectivity index (χ3n) is 5.07. The molecule has 0 aliphatic heterocycles. The zero-order valence-corrected chi connectivity index (χ0v) is 18.4. The van der Waals surface area contributed by atoms with Crippen LogP contribution in [0.15, 0.2) is 35.3 Å². The standard InChI is InChI=1S/C25H35NO/c1-15(2)19-11-10-12-20(16(3)4)23(19)26-18(6)21-13-17(5)14-22(24(21)27)25(7,8)9/h10-16,27H,1-9H3. The van der Waals surface area contributed by atoms with Crippen LogP contribution in [0.4, 0.5) is 5.69 Å². The van der Waals surface area contributed by atoms with E-state index in [1.54, 1.807) is 0 Å². The Balaban J connectivity index is 2.71. The van der Waals surface area contributed by atoms with Crippen LogP contribution in [0.5, 0.6) is 5.75 Å². The van der Waals surface area contributed by atoms with Crippen molar-refractivity contribution in [1.82, 2.24) is 0 Å². The molecule has 0 spiro atoms. The van der Waals surface area contributed by atoms with E-state index in [-0.39, 0.29) is 5.41 Å². The van der Waals surface area contributed by atoms with Gasteiger partial charge in [0.15, 0.2) is 0 Å². The molecule has 0 aliphatic rings. The number of para-hydroxylation sites is 1. The van der Waals surface area contributed by atoms with E-state index in [4.69, 9.17) is 4.99 Å². The zero-order valence-electron chi connectivity index (χ0n) is 18.4. The molecule has 0 bridgehead atoms. The van der Waals surface area contributed by atoms with Crippen molar-refractivity contribution in [2.24, 2.45) is 4.99 Å². The van der Waals surface area contributed by atoms with E-state index >= 15 is 0 Å². The number of rotatable bonds is 4. The summed E-state index contributed by atoms with van der Waals surface area (Å²) in [6.45, 7) is 19.3. The summed E-state index contributed by atoms with van der Waals surface area (Å²) >= 11 is 0. The number of benzene rings is 2. The molecule has 2 nitrogen and oxygen atoms in total. The van der Waals surface area contributed by atoms with Crippen molar-refractivity contribution in [1.29, 1.82) is 0 Å². The number of aryl methyl sites for hydroxylation is 1. The molecular formula is C25H35NO. The van der Waals surface area contributed by atoms with Crippen molar-refractivity contribution in [3.8, 4) is 5.75 Å². The topological polar surface area (TPSA) is 32.6 Å². The number of phenols is 1. The highest BCUT2D eigenvalue weighted by Gasteiger charge is 2.22. The lowest BCUT2D eigenvalue weighted by atomic mass is 9.83. The number of hydrogen-bond donors (Lipinski definition) is 1. The van der Waals surface area contributed by atoms with Crippen LogP contribution in [0.3, 0.4) is 0 Å². The summed E-state index contributed by atoms with van der Waals surface area (Å²) in [6.07, 6.45) is 0. The molecule has 0 saturated heterocycles. The summed E-state index contributed by atoms with van der Waals surface area (Å²) in [5.74, 6) is 1.14. The molecule has 2 rings (SSSR count). The fourth-order valence-electron chi connectivity index (χ4n) is 3.50. The maximum atomic E-state index is 11.0. The molecule has 2 aromatic carbocycles. The van der Waals surface area contributed by atoms with Gasteiger partial charge in [-0.15, -0.1) is 0 Å². The largest absolute Gasteiger partial charge is 0.507 e. The van der Waals surface area contributed by atoms with Gasteiger partial charge in [-0.1, -0.05) is 72.7 Å². The van der Waals surface area contributed by atoms with E-state index in [1.807, 2.05) is 13.0 Å². The van der Waals surface area contributed by atoms with Crippen molar-refractivity contribution in [2.75, 3.05) is 0 Å². The third-order valence-corrected chi connectivity index (χ3v) is 5.07. The van der Waals surface area contributed by atoms with Gasteiger partial charge < -0.3 is 5.11 Å². The number of aromatic hydroxyl groups is 1. The van der Waals surface area contributed by atoms with Crippen LogP contribution in [-0.4, -0.2) is 10.8 Å². The molecule has 146 valence electrons. The van der Waals surface area contributed by atoms with Crippen molar-refractivity contribution in [2.45, 2.75) is 79.6 Å². The van der Waals surface area contributed by atoms with E-state index in [0.717, 1.165) is 28.1 Å². The summed E-state index contributed by atoms with van der Waals surface area (Å²) in [5, 5.41) is 11.0. The Morgan fingerprint density at radius 3 is 1.93 bits per heavy atom. The van der Waals surface area contributed by atoms with Gasteiger partial charge in [0.2, 0.25) is 0 Å². The molecule has 0 atom stereocenters. The number of phenolic OH excluding ortho intramolecular Hbond substituents is 1. The van der Waals surface area contributed by atoms with Crippen LogP contribution in [0.1, 0.15) is 95.0 Å². The first-order chi connectivity index (χ1) is 12.4. The van der Waals surface area contributed by atoms with Gasteiger partial charge in [-0.3, -0.25) is 4.99 Å². The second kappa shape index (κ2) is 7.88. The minimum Gasteiger partial charge on any atom is -0.507 e. The SMILES string of the molecule is CC(=Nc1c(C(C)C)cccc1C(C)C)c1cc(C)cc(C(C)(C)C)c1O. The Morgan fingerprint density at radius 1 is 0.963 bits per heavy atom. The van der Waals surface area contributed by atoms with Gasteiger partial charge in [0.1, 0.15) is 5.75 Å². The number of aliphatic imine (C=N–C) groups is 1. The second-order valence-electron chi connectivity index (χ2n) is 9.25. The first-order valence-corrected chi connectivity index (χ1v) is 9.96. The Bertz CT molecular complexity index is 825. The molecule has 0 heterocycles. The predicted molar refractivity (Wildman–Crippen MR) is 118 cm³/mol. The first kappa shape index (κ1) is 21.2. The average molecular weight is 366 g/mol. The lowest BCUT2D eigenvalue weighted by molar-refractivity contribution is 0.445. The second-order valence-corrected chi connectivity index (χ2v) is 9.25. The summed E-state index contributed by atoms with van der Waals surface area (Å²) in [5.41, 5.74) is 7.23. The minimum atomic E-state index is -0.121. The van der Waals surface area contributed by atoms with Crippen molar-refractivity contribution >= 4 is 11.4 Å². The van der Waals surface area contributed by atoms with Crippen LogP contribution in [0.25, 0.3) is 0 Å².